The van der Waals surface area contributed by atoms with Gasteiger partial charge in [-0.15, -0.1) is 0 Å². The Morgan fingerprint density at radius 1 is 1.53 bits per heavy atom. The van der Waals surface area contributed by atoms with Crippen LogP contribution in [0.5, 0.6) is 0 Å². The molecule has 0 saturated carbocycles. The Morgan fingerprint density at radius 3 is 2.73 bits per heavy atom. The molecule has 0 amide bonds. The maximum absolute atomic E-state index is 10.6. The average Bonchev–Trinajstić information content (AvgIpc) is 2.20. The molecule has 4 heteroatoms. The Kier molecular flexibility index (Phi) is 4.12. The van der Waals surface area contributed by atoms with E-state index < -0.39 is 12.0 Å². The van der Waals surface area contributed by atoms with Crippen LogP contribution < -0.4 is 5.73 Å². The third-order valence-corrected chi connectivity index (χ3v) is 2.54. The number of aryl methyl sites for hydroxylation is 1. The molecule has 1 atom stereocenters. The quantitative estimate of drug-likeness (QED) is 0.825. The molecular weight excluding hydrogens is 214 g/mol. The summed E-state index contributed by atoms with van der Waals surface area (Å²) in [5, 5.41) is 9.38. The summed E-state index contributed by atoms with van der Waals surface area (Å²) in [5.74, 6) is -0.980. The van der Waals surface area contributed by atoms with Crippen molar-refractivity contribution in [2.24, 2.45) is 5.73 Å². The van der Waals surface area contributed by atoms with E-state index in [1.165, 1.54) is 0 Å². The van der Waals surface area contributed by atoms with Crippen molar-refractivity contribution in [2.75, 3.05) is 0 Å². The molecule has 1 aromatic rings. The van der Waals surface area contributed by atoms with Gasteiger partial charge in [0.1, 0.15) is 6.04 Å². The van der Waals surface area contributed by atoms with Crippen LogP contribution in [0, 0.1) is 0 Å². The van der Waals surface area contributed by atoms with E-state index >= 15 is 0 Å². The summed E-state index contributed by atoms with van der Waals surface area (Å²) >= 11 is 5.85. The summed E-state index contributed by atoms with van der Waals surface area (Å²) in [5.41, 5.74) is 7.49. The van der Waals surface area contributed by atoms with Crippen molar-refractivity contribution in [3.8, 4) is 0 Å². The molecule has 3 nitrogen and oxygen atoms in total. The Morgan fingerprint density at radius 2 is 2.20 bits per heavy atom. The molecule has 15 heavy (non-hydrogen) atoms. The monoisotopic (exact) mass is 227 g/mol. The lowest BCUT2D eigenvalue weighted by atomic mass is 9.99. The lowest BCUT2D eigenvalue weighted by molar-refractivity contribution is -0.138. The molecule has 3 N–H and O–H groups in total. The minimum absolute atomic E-state index is 0.343. The zero-order valence-corrected chi connectivity index (χ0v) is 9.29. The van der Waals surface area contributed by atoms with Gasteiger partial charge in [0, 0.05) is 5.02 Å². The predicted molar refractivity (Wildman–Crippen MR) is 60.1 cm³/mol. The van der Waals surface area contributed by atoms with Crippen LogP contribution in [-0.2, 0) is 17.6 Å². The molecule has 0 saturated heterocycles. The third kappa shape index (κ3) is 3.22. The van der Waals surface area contributed by atoms with Crippen molar-refractivity contribution in [3.63, 3.8) is 0 Å². The van der Waals surface area contributed by atoms with Crippen LogP contribution in [-0.4, -0.2) is 17.1 Å². The number of carbonyl (C=O) groups is 1. The first kappa shape index (κ1) is 12.0. The molecular formula is C11H14ClNO2. The highest BCUT2D eigenvalue weighted by Gasteiger charge is 2.13. The smallest absolute Gasteiger partial charge is 0.320 e. The van der Waals surface area contributed by atoms with Gasteiger partial charge in [-0.25, -0.2) is 0 Å². The second-order valence-corrected chi connectivity index (χ2v) is 3.85. The summed E-state index contributed by atoms with van der Waals surface area (Å²) in [6.07, 6.45) is 1.16. The number of hydrogen-bond donors (Lipinski definition) is 2. The summed E-state index contributed by atoms with van der Waals surface area (Å²) in [6.45, 7) is 2.00. The molecule has 0 spiro atoms. The lowest BCUT2D eigenvalue weighted by Crippen LogP contribution is -2.32. The van der Waals surface area contributed by atoms with Crippen LogP contribution in [0.25, 0.3) is 0 Å². The van der Waals surface area contributed by atoms with E-state index in [2.05, 4.69) is 0 Å². The number of carboxylic acid groups (broad SMARTS) is 1. The molecule has 1 aromatic carbocycles. The molecule has 0 aliphatic rings. The third-order valence-electron chi connectivity index (χ3n) is 2.31. The number of nitrogens with two attached hydrogens (primary N) is 1. The van der Waals surface area contributed by atoms with Gasteiger partial charge in [-0.3, -0.25) is 4.79 Å². The van der Waals surface area contributed by atoms with Crippen molar-refractivity contribution in [3.05, 3.63) is 34.3 Å². The molecule has 0 radical (unpaired) electrons. The molecule has 0 aliphatic heterocycles. The maximum atomic E-state index is 10.6. The number of benzene rings is 1. The molecule has 0 aliphatic carbocycles. The number of halogens is 1. The van der Waals surface area contributed by atoms with Gasteiger partial charge in [0.2, 0.25) is 0 Å². The van der Waals surface area contributed by atoms with E-state index in [4.69, 9.17) is 22.4 Å². The summed E-state index contributed by atoms with van der Waals surface area (Å²) in [4.78, 5) is 10.6. The molecule has 0 heterocycles. The normalized spacial score (nSPS) is 12.5. The fourth-order valence-electron chi connectivity index (χ4n) is 1.45. The van der Waals surface area contributed by atoms with Gasteiger partial charge in [-0.1, -0.05) is 24.6 Å². The van der Waals surface area contributed by atoms with Gasteiger partial charge in [-0.05, 0) is 36.1 Å². The van der Waals surface area contributed by atoms with Gasteiger partial charge in [0.05, 0.1) is 0 Å². The average molecular weight is 228 g/mol. The molecule has 0 bridgehead atoms. The fraction of sp³-hybridized carbons (Fsp3) is 0.364. The second kappa shape index (κ2) is 5.14. The number of aliphatic carboxylic acids is 1. The Hall–Kier alpha value is -1.06. The highest BCUT2D eigenvalue weighted by Crippen LogP contribution is 2.17. The number of hydrogen-bond acceptors (Lipinski definition) is 2. The highest BCUT2D eigenvalue weighted by molar-refractivity contribution is 6.30. The van der Waals surface area contributed by atoms with E-state index in [0.717, 1.165) is 17.5 Å². The van der Waals surface area contributed by atoms with Crippen molar-refractivity contribution >= 4 is 17.6 Å². The van der Waals surface area contributed by atoms with Crippen LogP contribution in [0.1, 0.15) is 18.1 Å². The van der Waals surface area contributed by atoms with Gasteiger partial charge in [0.25, 0.3) is 0 Å². The lowest BCUT2D eigenvalue weighted by Gasteiger charge is -2.11. The maximum Gasteiger partial charge on any atom is 0.320 e. The van der Waals surface area contributed by atoms with E-state index in [9.17, 15) is 4.79 Å². The van der Waals surface area contributed by atoms with Gasteiger partial charge >= 0.3 is 5.97 Å². The van der Waals surface area contributed by atoms with Gasteiger partial charge < -0.3 is 10.8 Å². The van der Waals surface area contributed by atoms with E-state index in [1.54, 1.807) is 6.07 Å². The zero-order chi connectivity index (χ0) is 11.4. The first-order valence-electron chi connectivity index (χ1n) is 4.80. The van der Waals surface area contributed by atoms with Gasteiger partial charge in [0.15, 0.2) is 0 Å². The summed E-state index contributed by atoms with van der Waals surface area (Å²) < 4.78 is 0. The molecule has 0 fully saturated rings. The van der Waals surface area contributed by atoms with Crippen LogP contribution in [0.3, 0.4) is 0 Å². The number of carboxylic acids is 1. The molecule has 1 rings (SSSR count). The number of rotatable bonds is 4. The Labute approximate surface area is 93.9 Å². The van der Waals surface area contributed by atoms with Crippen molar-refractivity contribution in [1.29, 1.82) is 0 Å². The summed E-state index contributed by atoms with van der Waals surface area (Å²) in [7, 11) is 0. The first-order chi connectivity index (χ1) is 7.04. The highest BCUT2D eigenvalue weighted by atomic mass is 35.5. The molecule has 0 aromatic heterocycles. The minimum atomic E-state index is -0.980. The minimum Gasteiger partial charge on any atom is -0.480 e. The van der Waals surface area contributed by atoms with Crippen LogP contribution in [0.2, 0.25) is 5.02 Å². The van der Waals surface area contributed by atoms with E-state index in [1.807, 2.05) is 19.1 Å². The van der Waals surface area contributed by atoms with Crippen molar-refractivity contribution in [1.82, 2.24) is 0 Å². The molecule has 1 unspecified atom stereocenters. The Balaban J connectivity index is 2.89. The Bertz CT molecular complexity index is 366. The molecule has 82 valence electrons. The van der Waals surface area contributed by atoms with Crippen molar-refractivity contribution < 1.29 is 9.90 Å². The standard InChI is InChI=1S/C11H14ClNO2/c1-2-7-5-9(12)4-3-8(7)6-10(13)11(14)15/h3-5,10H,2,6,13H2,1H3,(H,14,15). The summed E-state index contributed by atoms with van der Waals surface area (Å²) in [6, 6.07) is 4.59. The second-order valence-electron chi connectivity index (χ2n) is 3.42. The largest absolute Gasteiger partial charge is 0.480 e. The van der Waals surface area contributed by atoms with Crippen LogP contribution in [0.15, 0.2) is 18.2 Å². The fourth-order valence-corrected chi connectivity index (χ4v) is 1.64. The SMILES string of the molecule is CCc1cc(Cl)ccc1CC(N)C(=O)O. The first-order valence-corrected chi connectivity index (χ1v) is 5.18. The van der Waals surface area contributed by atoms with Gasteiger partial charge in [-0.2, -0.15) is 0 Å². The topological polar surface area (TPSA) is 63.3 Å². The van der Waals surface area contributed by atoms with E-state index in [-0.39, 0.29) is 0 Å². The van der Waals surface area contributed by atoms with Crippen LogP contribution >= 0.6 is 11.6 Å². The zero-order valence-electron chi connectivity index (χ0n) is 8.53. The predicted octanol–water partition coefficient (Wildman–Crippen LogP) is 1.86. The van der Waals surface area contributed by atoms with Crippen LogP contribution in [0.4, 0.5) is 0 Å². The van der Waals surface area contributed by atoms with E-state index in [0.29, 0.717) is 11.4 Å². The van der Waals surface area contributed by atoms with Crippen molar-refractivity contribution in [2.45, 2.75) is 25.8 Å².